The van der Waals surface area contributed by atoms with Crippen LogP contribution in [0, 0.1) is 0 Å². The quantitative estimate of drug-likeness (QED) is 0.875. The first-order valence-corrected chi connectivity index (χ1v) is 7.84. The molecule has 1 fully saturated rings. The summed E-state index contributed by atoms with van der Waals surface area (Å²) in [5.74, 6) is 1.08. The molecule has 2 N–H and O–H groups in total. The second-order valence-corrected chi connectivity index (χ2v) is 6.22. The summed E-state index contributed by atoms with van der Waals surface area (Å²) in [6.07, 6.45) is 0.0520. The molecule has 2 aromatic carbocycles. The molecule has 1 saturated carbocycles. The van der Waals surface area contributed by atoms with Crippen LogP contribution in [0.3, 0.4) is 0 Å². The Balaban J connectivity index is 1.54. The normalized spacial score (nSPS) is 19.5. The number of carbonyl (C=O) groups excluding carboxylic acids is 1. The topological polar surface area (TPSA) is 61.6 Å². The van der Waals surface area contributed by atoms with Gasteiger partial charge in [-0.2, -0.15) is 0 Å². The van der Waals surface area contributed by atoms with Gasteiger partial charge in [0.25, 0.3) is 0 Å². The molecule has 0 spiro atoms. The minimum Gasteiger partial charge on any atom is -0.489 e. The first kappa shape index (κ1) is 14.9. The van der Waals surface area contributed by atoms with Crippen LogP contribution in [0.2, 0.25) is 0 Å². The molecule has 0 unspecified atom stereocenters. The number of carbonyl (C=O) groups is 1. The molecule has 0 radical (unpaired) electrons. The molecule has 0 aromatic heterocycles. The number of hydrogen-bond donors (Lipinski definition) is 1. The third kappa shape index (κ3) is 3.80. The summed E-state index contributed by atoms with van der Waals surface area (Å²) in [5.41, 5.74) is 7.27. The molecule has 3 rings (SSSR count). The van der Waals surface area contributed by atoms with Crippen LogP contribution in [0.25, 0.3) is 0 Å². The van der Waals surface area contributed by atoms with Crippen molar-refractivity contribution in [3.63, 3.8) is 0 Å². The summed E-state index contributed by atoms with van der Waals surface area (Å²) in [5, 5.41) is 0. The molecule has 2 atom stereocenters. The molecule has 0 saturated heterocycles. The van der Waals surface area contributed by atoms with Crippen LogP contribution in [0.15, 0.2) is 53.0 Å². The standard InChI is InChI=1S/C17H16BrNO3/c18-13-5-1-11(2-6-13)10-21-14-7-3-12(4-8-14)15-9-16(15)22-17(19)20/h1-8,15-16H,9-10H2,(H2,19,20)/t15-,16+/m0/s1. The average Bonchev–Trinajstić information content (AvgIpc) is 3.25. The fourth-order valence-corrected chi connectivity index (χ4v) is 2.62. The zero-order valence-electron chi connectivity index (χ0n) is 11.9. The Labute approximate surface area is 137 Å². The van der Waals surface area contributed by atoms with E-state index in [1.165, 1.54) is 0 Å². The van der Waals surface area contributed by atoms with Crippen molar-refractivity contribution in [2.75, 3.05) is 0 Å². The number of amides is 1. The Kier molecular flexibility index (Phi) is 4.34. The second-order valence-electron chi connectivity index (χ2n) is 5.30. The van der Waals surface area contributed by atoms with E-state index in [9.17, 15) is 4.79 Å². The van der Waals surface area contributed by atoms with Gasteiger partial charge in [-0.1, -0.05) is 40.2 Å². The van der Waals surface area contributed by atoms with Gasteiger partial charge >= 0.3 is 6.09 Å². The zero-order valence-corrected chi connectivity index (χ0v) is 13.5. The summed E-state index contributed by atoms with van der Waals surface area (Å²) < 4.78 is 11.8. The molecule has 2 aromatic rings. The summed E-state index contributed by atoms with van der Waals surface area (Å²) in [4.78, 5) is 10.7. The predicted molar refractivity (Wildman–Crippen MR) is 86.7 cm³/mol. The predicted octanol–water partition coefficient (Wildman–Crippen LogP) is 3.98. The lowest BCUT2D eigenvalue weighted by Gasteiger charge is -2.07. The number of nitrogens with two attached hydrogens (primary N) is 1. The highest BCUT2D eigenvalue weighted by atomic mass is 79.9. The molecule has 0 bridgehead atoms. The first-order chi connectivity index (χ1) is 10.6. The largest absolute Gasteiger partial charge is 0.489 e. The molecule has 4 nitrogen and oxygen atoms in total. The highest BCUT2D eigenvalue weighted by Crippen LogP contribution is 2.43. The second kappa shape index (κ2) is 6.40. The van der Waals surface area contributed by atoms with Crippen molar-refractivity contribution in [3.8, 4) is 5.75 Å². The maximum atomic E-state index is 10.7. The Morgan fingerprint density at radius 3 is 2.45 bits per heavy atom. The molecular weight excluding hydrogens is 346 g/mol. The highest BCUT2D eigenvalue weighted by molar-refractivity contribution is 9.10. The molecular formula is C17H16BrNO3. The monoisotopic (exact) mass is 361 g/mol. The van der Waals surface area contributed by atoms with E-state index < -0.39 is 6.09 Å². The van der Waals surface area contributed by atoms with Crippen LogP contribution in [0.1, 0.15) is 23.5 Å². The van der Waals surface area contributed by atoms with E-state index in [-0.39, 0.29) is 12.0 Å². The van der Waals surface area contributed by atoms with Crippen LogP contribution in [-0.2, 0) is 11.3 Å². The van der Waals surface area contributed by atoms with Gasteiger partial charge in [-0.05, 0) is 41.8 Å². The average molecular weight is 362 g/mol. The van der Waals surface area contributed by atoms with Gasteiger partial charge in [0.15, 0.2) is 0 Å². The maximum absolute atomic E-state index is 10.7. The lowest BCUT2D eigenvalue weighted by Crippen LogP contribution is -2.14. The minimum absolute atomic E-state index is 0.0768. The van der Waals surface area contributed by atoms with Crippen LogP contribution in [-0.4, -0.2) is 12.2 Å². The van der Waals surface area contributed by atoms with E-state index in [1.54, 1.807) is 0 Å². The van der Waals surface area contributed by atoms with Crippen molar-refractivity contribution in [1.29, 1.82) is 0 Å². The fraction of sp³-hybridized carbons (Fsp3) is 0.235. The van der Waals surface area contributed by atoms with Crippen molar-refractivity contribution < 1.29 is 14.3 Å². The van der Waals surface area contributed by atoms with Gasteiger partial charge < -0.3 is 15.2 Å². The zero-order chi connectivity index (χ0) is 15.5. The summed E-state index contributed by atoms with van der Waals surface area (Å²) >= 11 is 3.41. The number of hydrogen-bond acceptors (Lipinski definition) is 3. The third-order valence-corrected chi connectivity index (χ3v) is 4.16. The first-order valence-electron chi connectivity index (χ1n) is 7.05. The van der Waals surface area contributed by atoms with Crippen LogP contribution >= 0.6 is 15.9 Å². The lowest BCUT2D eigenvalue weighted by atomic mass is 10.1. The molecule has 0 aliphatic heterocycles. The van der Waals surface area contributed by atoms with E-state index in [0.29, 0.717) is 6.61 Å². The Morgan fingerprint density at radius 2 is 1.82 bits per heavy atom. The minimum atomic E-state index is -0.707. The van der Waals surface area contributed by atoms with Crippen LogP contribution in [0.4, 0.5) is 4.79 Å². The van der Waals surface area contributed by atoms with E-state index in [0.717, 1.165) is 27.8 Å². The van der Waals surface area contributed by atoms with Gasteiger partial charge in [-0.3, -0.25) is 0 Å². The van der Waals surface area contributed by atoms with Crippen molar-refractivity contribution in [3.05, 3.63) is 64.1 Å². The van der Waals surface area contributed by atoms with Gasteiger partial charge in [0.1, 0.15) is 18.5 Å². The highest BCUT2D eigenvalue weighted by Gasteiger charge is 2.41. The van der Waals surface area contributed by atoms with Gasteiger partial charge in [-0.15, -0.1) is 0 Å². The van der Waals surface area contributed by atoms with E-state index >= 15 is 0 Å². The smallest absolute Gasteiger partial charge is 0.404 e. The molecule has 1 amide bonds. The molecule has 0 heterocycles. The number of halogens is 1. The molecule has 1 aliphatic rings. The van der Waals surface area contributed by atoms with Gasteiger partial charge in [0.05, 0.1) is 0 Å². The summed E-state index contributed by atoms with van der Waals surface area (Å²) in [6.45, 7) is 0.531. The Hall–Kier alpha value is -2.01. The lowest BCUT2D eigenvalue weighted by molar-refractivity contribution is 0.147. The van der Waals surface area contributed by atoms with Crippen molar-refractivity contribution >= 4 is 22.0 Å². The van der Waals surface area contributed by atoms with Gasteiger partial charge in [0, 0.05) is 10.4 Å². The SMILES string of the molecule is NC(=O)O[C@@H]1C[C@H]1c1ccc(OCc2ccc(Br)cc2)cc1. The van der Waals surface area contributed by atoms with Gasteiger partial charge in [-0.25, -0.2) is 4.79 Å². The summed E-state index contributed by atoms with van der Waals surface area (Å²) in [7, 11) is 0. The van der Waals surface area contributed by atoms with Crippen molar-refractivity contribution in [1.82, 2.24) is 0 Å². The molecule has 5 heteroatoms. The number of ether oxygens (including phenoxy) is 2. The Morgan fingerprint density at radius 1 is 1.14 bits per heavy atom. The van der Waals surface area contributed by atoms with E-state index in [4.69, 9.17) is 15.2 Å². The number of benzene rings is 2. The number of rotatable bonds is 5. The fourth-order valence-electron chi connectivity index (χ4n) is 2.36. The summed E-state index contributed by atoms with van der Waals surface area (Å²) in [6, 6.07) is 15.9. The Bertz CT molecular complexity index is 655. The van der Waals surface area contributed by atoms with Crippen LogP contribution < -0.4 is 10.5 Å². The maximum Gasteiger partial charge on any atom is 0.404 e. The third-order valence-electron chi connectivity index (χ3n) is 3.63. The van der Waals surface area contributed by atoms with E-state index in [2.05, 4.69) is 15.9 Å². The van der Waals surface area contributed by atoms with E-state index in [1.807, 2.05) is 48.5 Å². The van der Waals surface area contributed by atoms with Crippen molar-refractivity contribution in [2.24, 2.45) is 5.73 Å². The van der Waals surface area contributed by atoms with Crippen molar-refractivity contribution in [2.45, 2.75) is 25.0 Å². The molecule has 1 aliphatic carbocycles. The molecule has 114 valence electrons. The number of primary amides is 1. The van der Waals surface area contributed by atoms with Gasteiger partial charge in [0.2, 0.25) is 0 Å². The van der Waals surface area contributed by atoms with Crippen LogP contribution in [0.5, 0.6) is 5.75 Å². The molecule has 22 heavy (non-hydrogen) atoms.